The van der Waals surface area contributed by atoms with E-state index in [0.29, 0.717) is 16.4 Å². The third-order valence-electron chi connectivity index (χ3n) is 3.48. The molecule has 0 radical (unpaired) electrons. The maximum Gasteiger partial charge on any atom is 0.248 e. The van der Waals surface area contributed by atoms with Crippen LogP contribution in [0.1, 0.15) is 12.5 Å². The molecule has 128 valence electrons. The quantitative estimate of drug-likeness (QED) is 0.881. The lowest BCUT2D eigenvalue weighted by molar-refractivity contribution is -0.116. The van der Waals surface area contributed by atoms with Gasteiger partial charge in [0.15, 0.2) is 0 Å². The van der Waals surface area contributed by atoms with Gasteiger partial charge in [0.05, 0.1) is 22.7 Å². The molecule has 0 aliphatic heterocycles. The normalized spacial score (nSPS) is 12.5. The number of halogens is 1. The number of benzene rings is 2. The summed E-state index contributed by atoms with van der Waals surface area (Å²) >= 11 is 6.03. The molecule has 7 heteroatoms. The van der Waals surface area contributed by atoms with Crippen molar-refractivity contribution in [2.75, 3.05) is 15.9 Å². The second-order valence-electron chi connectivity index (χ2n) is 5.54. The number of amides is 1. The molecule has 1 N–H and O–H groups in total. The average Bonchev–Trinajstić information content (AvgIpc) is 2.48. The van der Waals surface area contributed by atoms with Crippen molar-refractivity contribution in [3.63, 3.8) is 0 Å². The van der Waals surface area contributed by atoms with Crippen LogP contribution in [0, 0.1) is 6.92 Å². The average molecular weight is 367 g/mol. The lowest BCUT2D eigenvalue weighted by Gasteiger charge is -2.28. The Labute approximate surface area is 147 Å². The Morgan fingerprint density at radius 3 is 2.42 bits per heavy atom. The topological polar surface area (TPSA) is 66.5 Å². The SMILES string of the molecule is Cc1cccc(N([C@@H](C)C(=O)Nc2ccccc2Cl)S(C)(=O)=O)c1. The van der Waals surface area contributed by atoms with Crippen molar-refractivity contribution in [3.8, 4) is 0 Å². The van der Waals surface area contributed by atoms with Crippen LogP contribution in [0.5, 0.6) is 0 Å². The summed E-state index contributed by atoms with van der Waals surface area (Å²) < 4.78 is 25.6. The number of nitrogens with one attached hydrogen (secondary N) is 1. The molecule has 0 saturated carbocycles. The van der Waals surface area contributed by atoms with Crippen LogP contribution in [0.2, 0.25) is 5.02 Å². The van der Waals surface area contributed by atoms with Crippen LogP contribution < -0.4 is 9.62 Å². The maximum atomic E-state index is 12.5. The van der Waals surface area contributed by atoms with Gasteiger partial charge in [0.25, 0.3) is 0 Å². The molecule has 0 spiro atoms. The Morgan fingerprint density at radius 1 is 1.17 bits per heavy atom. The first kappa shape index (κ1) is 18.3. The molecular weight excluding hydrogens is 348 g/mol. The van der Waals surface area contributed by atoms with Crippen LogP contribution in [-0.2, 0) is 14.8 Å². The molecule has 0 heterocycles. The molecular formula is C17H19ClN2O3S. The van der Waals surface area contributed by atoms with Crippen LogP contribution >= 0.6 is 11.6 Å². The summed E-state index contributed by atoms with van der Waals surface area (Å²) in [5.41, 5.74) is 1.79. The first-order valence-corrected chi connectivity index (χ1v) is 9.54. The summed E-state index contributed by atoms with van der Waals surface area (Å²) in [7, 11) is -3.64. The van der Waals surface area contributed by atoms with Gasteiger partial charge in [-0.05, 0) is 43.7 Å². The Hall–Kier alpha value is -2.05. The predicted octanol–water partition coefficient (Wildman–Crippen LogP) is 3.44. The second kappa shape index (κ2) is 7.23. The minimum Gasteiger partial charge on any atom is -0.323 e. The van der Waals surface area contributed by atoms with E-state index < -0.39 is 22.0 Å². The number of carbonyl (C=O) groups excluding carboxylic acids is 1. The van der Waals surface area contributed by atoms with Crippen LogP contribution in [0.4, 0.5) is 11.4 Å². The highest BCUT2D eigenvalue weighted by Crippen LogP contribution is 2.24. The van der Waals surface area contributed by atoms with E-state index in [1.807, 2.05) is 13.0 Å². The van der Waals surface area contributed by atoms with Gasteiger partial charge >= 0.3 is 0 Å². The van der Waals surface area contributed by atoms with E-state index >= 15 is 0 Å². The molecule has 0 fully saturated rings. The van der Waals surface area contributed by atoms with E-state index in [2.05, 4.69) is 5.32 Å². The first-order valence-electron chi connectivity index (χ1n) is 7.31. The monoisotopic (exact) mass is 366 g/mol. The molecule has 24 heavy (non-hydrogen) atoms. The number of hydrogen-bond acceptors (Lipinski definition) is 3. The molecule has 0 bridgehead atoms. The zero-order valence-corrected chi connectivity index (χ0v) is 15.2. The van der Waals surface area contributed by atoms with Gasteiger partial charge in [-0.3, -0.25) is 9.10 Å². The number of hydrogen-bond donors (Lipinski definition) is 1. The Bertz CT molecular complexity index is 852. The van der Waals surface area contributed by atoms with Gasteiger partial charge in [-0.15, -0.1) is 0 Å². The maximum absolute atomic E-state index is 12.5. The fourth-order valence-electron chi connectivity index (χ4n) is 2.37. The van der Waals surface area contributed by atoms with E-state index in [-0.39, 0.29) is 0 Å². The van der Waals surface area contributed by atoms with Gasteiger partial charge in [-0.1, -0.05) is 35.9 Å². The van der Waals surface area contributed by atoms with Crippen molar-refractivity contribution < 1.29 is 13.2 Å². The minimum absolute atomic E-state index is 0.388. The number of sulfonamides is 1. The molecule has 2 aromatic rings. The van der Waals surface area contributed by atoms with Gasteiger partial charge in [-0.25, -0.2) is 8.42 Å². The molecule has 2 aromatic carbocycles. The fraction of sp³-hybridized carbons (Fsp3) is 0.235. The molecule has 0 unspecified atom stereocenters. The number of carbonyl (C=O) groups is 1. The van der Waals surface area contributed by atoms with Gasteiger partial charge < -0.3 is 5.32 Å². The fourth-order valence-corrected chi connectivity index (χ4v) is 3.72. The number of nitrogens with zero attached hydrogens (tertiary/aromatic N) is 1. The minimum atomic E-state index is -3.64. The van der Waals surface area contributed by atoms with E-state index in [0.717, 1.165) is 16.1 Å². The lowest BCUT2D eigenvalue weighted by atomic mass is 10.2. The summed E-state index contributed by atoms with van der Waals surface area (Å²) in [6, 6.07) is 12.9. The summed E-state index contributed by atoms with van der Waals surface area (Å²) in [4.78, 5) is 12.5. The molecule has 5 nitrogen and oxygen atoms in total. The van der Waals surface area contributed by atoms with Crippen LogP contribution in [0.3, 0.4) is 0 Å². The van der Waals surface area contributed by atoms with E-state index in [1.165, 1.54) is 6.92 Å². The molecule has 0 aliphatic rings. The van der Waals surface area contributed by atoms with Crippen molar-refractivity contribution in [1.29, 1.82) is 0 Å². The zero-order valence-electron chi connectivity index (χ0n) is 13.7. The summed E-state index contributed by atoms with van der Waals surface area (Å²) in [5.74, 6) is -0.463. The number of anilines is 2. The van der Waals surface area contributed by atoms with E-state index in [1.54, 1.807) is 42.5 Å². The largest absolute Gasteiger partial charge is 0.323 e. The lowest BCUT2D eigenvalue weighted by Crippen LogP contribution is -2.45. The molecule has 1 atom stereocenters. The van der Waals surface area contributed by atoms with Crippen molar-refractivity contribution in [1.82, 2.24) is 0 Å². The standard InChI is InChI=1S/C17H19ClN2O3S/c1-12-7-6-8-14(11-12)20(24(3,22)23)13(2)17(21)19-16-10-5-4-9-15(16)18/h4-11,13H,1-3H3,(H,19,21)/t13-/m0/s1. The third-order valence-corrected chi connectivity index (χ3v) is 5.05. The molecule has 2 rings (SSSR count). The van der Waals surface area contributed by atoms with Crippen molar-refractivity contribution >= 4 is 38.9 Å². The number of aryl methyl sites for hydroxylation is 1. The van der Waals surface area contributed by atoms with Crippen molar-refractivity contribution in [2.24, 2.45) is 0 Å². The Balaban J connectivity index is 2.33. The third kappa shape index (κ3) is 4.27. The second-order valence-corrected chi connectivity index (χ2v) is 7.81. The van der Waals surface area contributed by atoms with E-state index in [9.17, 15) is 13.2 Å². The molecule has 0 saturated heterocycles. The Kier molecular flexibility index (Phi) is 5.51. The smallest absolute Gasteiger partial charge is 0.248 e. The highest BCUT2D eigenvalue weighted by Gasteiger charge is 2.29. The van der Waals surface area contributed by atoms with E-state index in [4.69, 9.17) is 11.6 Å². The molecule has 0 aliphatic carbocycles. The van der Waals surface area contributed by atoms with Gasteiger partial charge in [0.2, 0.25) is 15.9 Å². The van der Waals surface area contributed by atoms with Crippen LogP contribution in [0.15, 0.2) is 48.5 Å². The molecule has 0 aromatic heterocycles. The van der Waals surface area contributed by atoms with Gasteiger partial charge in [0.1, 0.15) is 6.04 Å². The van der Waals surface area contributed by atoms with Gasteiger partial charge in [0, 0.05) is 0 Å². The van der Waals surface area contributed by atoms with Crippen molar-refractivity contribution in [3.05, 3.63) is 59.1 Å². The van der Waals surface area contributed by atoms with Gasteiger partial charge in [-0.2, -0.15) is 0 Å². The first-order chi connectivity index (χ1) is 11.2. The highest BCUT2D eigenvalue weighted by molar-refractivity contribution is 7.92. The zero-order chi connectivity index (χ0) is 17.9. The predicted molar refractivity (Wildman–Crippen MR) is 98.0 cm³/mol. The number of para-hydroxylation sites is 1. The van der Waals surface area contributed by atoms with Crippen LogP contribution in [-0.4, -0.2) is 26.6 Å². The summed E-state index contributed by atoms with van der Waals surface area (Å²) in [5, 5.41) is 3.06. The summed E-state index contributed by atoms with van der Waals surface area (Å²) in [6.07, 6.45) is 1.08. The molecule has 1 amide bonds. The highest BCUT2D eigenvalue weighted by atomic mass is 35.5. The Morgan fingerprint density at radius 2 is 1.83 bits per heavy atom. The van der Waals surface area contributed by atoms with Crippen molar-refractivity contribution in [2.45, 2.75) is 19.9 Å². The summed E-state index contributed by atoms with van der Waals surface area (Å²) in [6.45, 7) is 3.40. The number of rotatable bonds is 5. The van der Waals surface area contributed by atoms with Crippen LogP contribution in [0.25, 0.3) is 0 Å².